The molecular formula is C10H18N2O3. The average Bonchev–Trinajstić information content (AvgIpc) is 2.86. The maximum absolute atomic E-state index is 11.2. The SMILES string of the molecule is CC(CC(=O)O)NCCC(=O)NC1CC1. The van der Waals surface area contributed by atoms with Gasteiger partial charge in [0.05, 0.1) is 6.42 Å². The van der Waals surface area contributed by atoms with Gasteiger partial charge >= 0.3 is 5.97 Å². The van der Waals surface area contributed by atoms with Gasteiger partial charge in [-0.05, 0) is 19.8 Å². The van der Waals surface area contributed by atoms with E-state index in [1.807, 2.05) is 0 Å². The van der Waals surface area contributed by atoms with Crippen LogP contribution in [-0.2, 0) is 9.59 Å². The van der Waals surface area contributed by atoms with Crippen LogP contribution in [0.5, 0.6) is 0 Å². The van der Waals surface area contributed by atoms with Gasteiger partial charge in [0.2, 0.25) is 5.91 Å². The third-order valence-electron chi connectivity index (χ3n) is 2.27. The molecule has 0 saturated heterocycles. The molecule has 1 aliphatic carbocycles. The average molecular weight is 214 g/mol. The number of carboxylic acids is 1. The standard InChI is InChI=1S/C10H18N2O3/c1-7(6-10(14)15)11-5-4-9(13)12-8-2-3-8/h7-8,11H,2-6H2,1H3,(H,12,13)(H,14,15). The summed E-state index contributed by atoms with van der Waals surface area (Å²) in [6.45, 7) is 2.33. The number of nitrogens with one attached hydrogen (secondary N) is 2. The number of hydrogen-bond acceptors (Lipinski definition) is 3. The highest BCUT2D eigenvalue weighted by Gasteiger charge is 2.22. The van der Waals surface area contributed by atoms with Crippen LogP contribution >= 0.6 is 0 Å². The molecule has 86 valence electrons. The molecule has 1 amide bonds. The first kappa shape index (κ1) is 12.0. The van der Waals surface area contributed by atoms with Gasteiger partial charge in [0.15, 0.2) is 0 Å². The van der Waals surface area contributed by atoms with Gasteiger partial charge in [0.25, 0.3) is 0 Å². The van der Waals surface area contributed by atoms with E-state index >= 15 is 0 Å². The molecule has 0 aromatic heterocycles. The molecule has 3 N–H and O–H groups in total. The van der Waals surface area contributed by atoms with Crippen molar-refractivity contribution in [1.29, 1.82) is 0 Å². The van der Waals surface area contributed by atoms with Gasteiger partial charge in [-0.2, -0.15) is 0 Å². The maximum Gasteiger partial charge on any atom is 0.304 e. The van der Waals surface area contributed by atoms with Crippen LogP contribution in [0.15, 0.2) is 0 Å². The van der Waals surface area contributed by atoms with Crippen LogP contribution in [0.3, 0.4) is 0 Å². The molecule has 1 rings (SSSR count). The normalized spacial score (nSPS) is 17.1. The fourth-order valence-electron chi connectivity index (χ4n) is 1.29. The van der Waals surface area contributed by atoms with E-state index in [0.29, 0.717) is 19.0 Å². The van der Waals surface area contributed by atoms with Crippen LogP contribution in [0.1, 0.15) is 32.6 Å². The molecule has 0 aliphatic heterocycles. The Morgan fingerprint density at radius 1 is 1.47 bits per heavy atom. The lowest BCUT2D eigenvalue weighted by molar-refractivity contribution is -0.137. The van der Waals surface area contributed by atoms with Crippen LogP contribution in [0.4, 0.5) is 0 Å². The van der Waals surface area contributed by atoms with E-state index in [4.69, 9.17) is 5.11 Å². The van der Waals surface area contributed by atoms with Crippen molar-refractivity contribution in [3.8, 4) is 0 Å². The second kappa shape index (κ2) is 5.70. The number of amides is 1. The molecule has 1 saturated carbocycles. The van der Waals surface area contributed by atoms with Gasteiger partial charge in [-0.1, -0.05) is 0 Å². The molecule has 0 aromatic rings. The van der Waals surface area contributed by atoms with Crippen molar-refractivity contribution >= 4 is 11.9 Å². The van der Waals surface area contributed by atoms with Crippen molar-refractivity contribution < 1.29 is 14.7 Å². The number of carbonyl (C=O) groups excluding carboxylic acids is 1. The molecule has 1 aliphatic rings. The number of carbonyl (C=O) groups is 2. The van der Waals surface area contributed by atoms with Crippen molar-refractivity contribution in [2.45, 2.75) is 44.7 Å². The second-order valence-electron chi connectivity index (χ2n) is 4.04. The van der Waals surface area contributed by atoms with E-state index in [2.05, 4.69) is 10.6 Å². The molecule has 0 heterocycles. The minimum atomic E-state index is -0.822. The Bertz CT molecular complexity index is 239. The summed E-state index contributed by atoms with van der Waals surface area (Å²) in [5, 5.41) is 14.4. The van der Waals surface area contributed by atoms with Crippen molar-refractivity contribution in [3.63, 3.8) is 0 Å². The minimum absolute atomic E-state index is 0.0486. The van der Waals surface area contributed by atoms with Gasteiger partial charge in [-0.25, -0.2) is 0 Å². The Kier molecular flexibility index (Phi) is 4.55. The monoisotopic (exact) mass is 214 g/mol. The van der Waals surface area contributed by atoms with Crippen molar-refractivity contribution in [2.75, 3.05) is 6.54 Å². The second-order valence-corrected chi connectivity index (χ2v) is 4.04. The molecule has 5 nitrogen and oxygen atoms in total. The van der Waals surface area contributed by atoms with Crippen molar-refractivity contribution in [1.82, 2.24) is 10.6 Å². The third-order valence-corrected chi connectivity index (χ3v) is 2.27. The van der Waals surface area contributed by atoms with E-state index in [1.165, 1.54) is 0 Å². The Morgan fingerprint density at radius 3 is 2.67 bits per heavy atom. The summed E-state index contributed by atoms with van der Waals surface area (Å²) in [5.74, 6) is -0.773. The first-order valence-corrected chi connectivity index (χ1v) is 5.32. The molecular weight excluding hydrogens is 196 g/mol. The smallest absolute Gasteiger partial charge is 0.304 e. The van der Waals surface area contributed by atoms with Gasteiger partial charge < -0.3 is 15.7 Å². The summed E-state index contributed by atoms with van der Waals surface area (Å²) in [6.07, 6.45) is 2.69. The Hall–Kier alpha value is -1.10. The number of carboxylic acid groups (broad SMARTS) is 1. The van der Waals surface area contributed by atoms with Crippen LogP contribution in [0.25, 0.3) is 0 Å². The topological polar surface area (TPSA) is 78.4 Å². The Balaban J connectivity index is 1.99. The molecule has 0 spiro atoms. The fraction of sp³-hybridized carbons (Fsp3) is 0.800. The van der Waals surface area contributed by atoms with E-state index in [9.17, 15) is 9.59 Å². The molecule has 15 heavy (non-hydrogen) atoms. The first-order chi connectivity index (χ1) is 7.08. The van der Waals surface area contributed by atoms with Crippen LogP contribution in [0, 0.1) is 0 Å². The lowest BCUT2D eigenvalue weighted by Gasteiger charge is -2.10. The zero-order chi connectivity index (χ0) is 11.3. The summed E-state index contributed by atoms with van der Waals surface area (Å²) >= 11 is 0. The largest absolute Gasteiger partial charge is 0.481 e. The highest BCUT2D eigenvalue weighted by molar-refractivity contribution is 5.76. The van der Waals surface area contributed by atoms with Gasteiger partial charge in [0, 0.05) is 25.0 Å². The molecule has 0 radical (unpaired) electrons. The summed E-state index contributed by atoms with van der Waals surface area (Å²) in [7, 11) is 0. The lowest BCUT2D eigenvalue weighted by atomic mass is 10.2. The van der Waals surface area contributed by atoms with Crippen LogP contribution in [-0.4, -0.2) is 35.6 Å². The molecule has 1 fully saturated rings. The number of rotatable bonds is 7. The summed E-state index contributed by atoms with van der Waals surface area (Å²) < 4.78 is 0. The minimum Gasteiger partial charge on any atom is -0.481 e. The van der Waals surface area contributed by atoms with Crippen LogP contribution in [0.2, 0.25) is 0 Å². The number of hydrogen-bond donors (Lipinski definition) is 3. The van der Waals surface area contributed by atoms with Crippen molar-refractivity contribution in [2.24, 2.45) is 0 Å². The van der Waals surface area contributed by atoms with Gasteiger partial charge in [-0.3, -0.25) is 9.59 Å². The first-order valence-electron chi connectivity index (χ1n) is 5.32. The predicted molar refractivity (Wildman–Crippen MR) is 55.5 cm³/mol. The molecule has 0 aromatic carbocycles. The van der Waals surface area contributed by atoms with Gasteiger partial charge in [-0.15, -0.1) is 0 Å². The highest BCUT2D eigenvalue weighted by Crippen LogP contribution is 2.18. The summed E-state index contributed by atoms with van der Waals surface area (Å²) in [4.78, 5) is 21.6. The molecule has 0 bridgehead atoms. The molecule has 5 heteroatoms. The summed E-state index contributed by atoms with van der Waals surface area (Å²) in [5.41, 5.74) is 0. The van der Waals surface area contributed by atoms with Crippen LogP contribution < -0.4 is 10.6 Å². The lowest BCUT2D eigenvalue weighted by Crippen LogP contribution is -2.33. The summed E-state index contributed by atoms with van der Waals surface area (Å²) in [6, 6.07) is 0.310. The molecule has 1 unspecified atom stereocenters. The Morgan fingerprint density at radius 2 is 2.13 bits per heavy atom. The van der Waals surface area contributed by atoms with E-state index in [0.717, 1.165) is 12.8 Å². The zero-order valence-corrected chi connectivity index (χ0v) is 8.95. The van der Waals surface area contributed by atoms with E-state index in [-0.39, 0.29) is 18.4 Å². The third kappa shape index (κ3) is 6.06. The van der Waals surface area contributed by atoms with Crippen molar-refractivity contribution in [3.05, 3.63) is 0 Å². The van der Waals surface area contributed by atoms with E-state index < -0.39 is 5.97 Å². The zero-order valence-electron chi connectivity index (χ0n) is 8.95. The van der Waals surface area contributed by atoms with Gasteiger partial charge in [0.1, 0.15) is 0 Å². The molecule has 1 atom stereocenters. The quantitative estimate of drug-likeness (QED) is 0.562. The number of aliphatic carboxylic acids is 1. The maximum atomic E-state index is 11.2. The van der Waals surface area contributed by atoms with E-state index in [1.54, 1.807) is 6.92 Å². The highest BCUT2D eigenvalue weighted by atomic mass is 16.4. The Labute approximate surface area is 89.2 Å². The fourth-order valence-corrected chi connectivity index (χ4v) is 1.29. The predicted octanol–water partition coefficient (Wildman–Crippen LogP) is 0.108.